The van der Waals surface area contributed by atoms with Crippen LogP contribution in [0.4, 0.5) is 5.82 Å². The lowest BCUT2D eigenvalue weighted by Gasteiger charge is -2.28. The molecule has 5 heteroatoms. The maximum absolute atomic E-state index is 8.69. The molecule has 98 valence electrons. The zero-order valence-electron chi connectivity index (χ0n) is 10.9. The van der Waals surface area contributed by atoms with Crippen LogP contribution in [0.25, 0.3) is 0 Å². The highest BCUT2D eigenvalue weighted by Crippen LogP contribution is 2.28. The first-order valence-corrected chi connectivity index (χ1v) is 6.35. The monoisotopic (exact) mass is 248 g/mol. The van der Waals surface area contributed by atoms with Gasteiger partial charge in [-0.05, 0) is 30.9 Å². The van der Waals surface area contributed by atoms with E-state index in [1.807, 2.05) is 12.1 Å². The van der Waals surface area contributed by atoms with Crippen LogP contribution in [0.5, 0.6) is 0 Å². The van der Waals surface area contributed by atoms with Gasteiger partial charge in [0, 0.05) is 12.6 Å². The Bertz CT molecular complexity index is 444. The van der Waals surface area contributed by atoms with Crippen molar-refractivity contribution in [1.29, 1.82) is 0 Å². The Morgan fingerprint density at radius 3 is 3.00 bits per heavy atom. The molecule has 1 aliphatic heterocycles. The number of anilines is 1. The van der Waals surface area contributed by atoms with Crippen LogP contribution in [0.15, 0.2) is 23.4 Å². The molecule has 3 N–H and O–H groups in total. The largest absolute Gasteiger partial charge is 0.409 e. The molecule has 1 atom stereocenters. The minimum absolute atomic E-state index is 0.0529. The fourth-order valence-corrected chi connectivity index (χ4v) is 2.55. The van der Waals surface area contributed by atoms with E-state index in [1.54, 1.807) is 6.07 Å². The second kappa shape index (κ2) is 5.25. The molecule has 1 aliphatic rings. The number of amidine groups is 1. The van der Waals surface area contributed by atoms with Gasteiger partial charge in [-0.15, -0.1) is 0 Å². The summed E-state index contributed by atoms with van der Waals surface area (Å²) in [6.07, 6.45) is 2.39. The Morgan fingerprint density at radius 1 is 1.56 bits per heavy atom. The summed E-state index contributed by atoms with van der Waals surface area (Å²) < 4.78 is 0. The summed E-state index contributed by atoms with van der Waals surface area (Å²) >= 11 is 0. The molecule has 2 rings (SSSR count). The molecule has 0 saturated carbocycles. The lowest BCUT2D eigenvalue weighted by atomic mass is 10.0. The molecule has 0 bridgehead atoms. The highest BCUT2D eigenvalue weighted by molar-refractivity contribution is 5.95. The number of oxime groups is 1. The molecular formula is C13H20N4O. The van der Waals surface area contributed by atoms with E-state index in [1.165, 1.54) is 12.8 Å². The summed E-state index contributed by atoms with van der Waals surface area (Å²) in [6, 6.07) is 6.15. The van der Waals surface area contributed by atoms with Crippen LogP contribution >= 0.6 is 0 Å². The van der Waals surface area contributed by atoms with E-state index in [2.05, 4.69) is 28.9 Å². The van der Waals surface area contributed by atoms with Crippen LogP contribution in [0, 0.1) is 5.92 Å². The Labute approximate surface area is 107 Å². The lowest BCUT2D eigenvalue weighted by molar-refractivity contribution is 0.318. The third-order valence-electron chi connectivity index (χ3n) is 3.47. The van der Waals surface area contributed by atoms with Crippen LogP contribution in [-0.2, 0) is 0 Å². The van der Waals surface area contributed by atoms with E-state index in [0.717, 1.165) is 12.4 Å². The van der Waals surface area contributed by atoms with Crippen molar-refractivity contribution in [3.8, 4) is 0 Å². The van der Waals surface area contributed by atoms with Crippen LogP contribution in [-0.4, -0.2) is 28.6 Å². The molecule has 0 aliphatic carbocycles. The predicted molar refractivity (Wildman–Crippen MR) is 72.0 cm³/mol. The topological polar surface area (TPSA) is 74.7 Å². The molecule has 0 spiro atoms. The molecule has 1 fully saturated rings. The van der Waals surface area contributed by atoms with Crippen LogP contribution in [0.3, 0.4) is 0 Å². The number of nitrogens with two attached hydrogens (primary N) is 1. The standard InChI is InChI=1S/C13H20N4O/c1-9(2)11-6-4-8-17(11)12-7-3-5-10(15-12)13(14)16-18/h3,5,7,9,11,18H,4,6,8H2,1-2H3,(H2,14,16). The van der Waals surface area contributed by atoms with Crippen molar-refractivity contribution in [3.05, 3.63) is 23.9 Å². The average molecular weight is 248 g/mol. The Morgan fingerprint density at radius 2 is 2.33 bits per heavy atom. The lowest BCUT2D eigenvalue weighted by Crippen LogP contribution is -2.34. The maximum atomic E-state index is 8.69. The first-order chi connectivity index (χ1) is 8.63. The minimum Gasteiger partial charge on any atom is -0.409 e. The third kappa shape index (κ3) is 2.39. The molecule has 0 amide bonds. The summed E-state index contributed by atoms with van der Waals surface area (Å²) in [5, 5.41) is 11.7. The second-order valence-electron chi connectivity index (χ2n) is 5.01. The molecule has 0 radical (unpaired) electrons. The zero-order chi connectivity index (χ0) is 13.1. The smallest absolute Gasteiger partial charge is 0.188 e. The number of rotatable bonds is 3. The van der Waals surface area contributed by atoms with Crippen molar-refractivity contribution in [2.24, 2.45) is 16.8 Å². The van der Waals surface area contributed by atoms with Crippen LogP contribution in [0.1, 0.15) is 32.4 Å². The molecule has 1 aromatic heterocycles. The SMILES string of the molecule is CC(C)C1CCCN1c1cccc(C(N)=NO)n1. The third-order valence-corrected chi connectivity index (χ3v) is 3.47. The Kier molecular flexibility index (Phi) is 3.69. The van der Waals surface area contributed by atoms with Gasteiger partial charge in [-0.2, -0.15) is 0 Å². The highest BCUT2D eigenvalue weighted by Gasteiger charge is 2.28. The number of aromatic nitrogens is 1. The fourth-order valence-electron chi connectivity index (χ4n) is 2.55. The highest BCUT2D eigenvalue weighted by atomic mass is 16.4. The summed E-state index contributed by atoms with van der Waals surface area (Å²) in [6.45, 7) is 5.49. The number of nitrogens with zero attached hydrogens (tertiary/aromatic N) is 3. The van der Waals surface area contributed by atoms with E-state index in [-0.39, 0.29) is 5.84 Å². The summed E-state index contributed by atoms with van der Waals surface area (Å²) in [4.78, 5) is 6.79. The average Bonchev–Trinajstić information content (AvgIpc) is 2.87. The van der Waals surface area contributed by atoms with Gasteiger partial charge < -0.3 is 15.8 Å². The quantitative estimate of drug-likeness (QED) is 0.370. The fraction of sp³-hybridized carbons (Fsp3) is 0.538. The van der Waals surface area contributed by atoms with Crippen LogP contribution in [0.2, 0.25) is 0 Å². The predicted octanol–water partition coefficient (Wildman–Crippen LogP) is 1.80. The van der Waals surface area contributed by atoms with Gasteiger partial charge in [0.2, 0.25) is 0 Å². The van der Waals surface area contributed by atoms with Crippen molar-refractivity contribution < 1.29 is 5.21 Å². The van der Waals surface area contributed by atoms with Gasteiger partial charge >= 0.3 is 0 Å². The van der Waals surface area contributed by atoms with E-state index in [0.29, 0.717) is 17.7 Å². The first kappa shape index (κ1) is 12.7. The van der Waals surface area contributed by atoms with Gasteiger partial charge in [0.1, 0.15) is 11.5 Å². The molecular weight excluding hydrogens is 228 g/mol. The van der Waals surface area contributed by atoms with E-state index < -0.39 is 0 Å². The minimum atomic E-state index is 0.0529. The summed E-state index contributed by atoms with van der Waals surface area (Å²) in [5.74, 6) is 1.56. The summed E-state index contributed by atoms with van der Waals surface area (Å²) in [7, 11) is 0. The van der Waals surface area contributed by atoms with Crippen LogP contribution < -0.4 is 10.6 Å². The van der Waals surface area contributed by atoms with Crippen molar-refractivity contribution in [1.82, 2.24) is 4.98 Å². The van der Waals surface area contributed by atoms with E-state index in [4.69, 9.17) is 10.9 Å². The van der Waals surface area contributed by atoms with Gasteiger partial charge in [0.25, 0.3) is 0 Å². The zero-order valence-corrected chi connectivity index (χ0v) is 10.9. The normalized spacial score (nSPS) is 20.7. The van der Waals surface area contributed by atoms with Gasteiger partial charge in [0.15, 0.2) is 5.84 Å². The molecule has 1 unspecified atom stereocenters. The first-order valence-electron chi connectivity index (χ1n) is 6.35. The summed E-state index contributed by atoms with van der Waals surface area (Å²) in [5.41, 5.74) is 6.09. The number of pyridine rings is 1. The maximum Gasteiger partial charge on any atom is 0.188 e. The second-order valence-corrected chi connectivity index (χ2v) is 5.01. The molecule has 2 heterocycles. The molecule has 0 aromatic carbocycles. The van der Waals surface area contributed by atoms with E-state index >= 15 is 0 Å². The Balaban J connectivity index is 2.28. The molecule has 18 heavy (non-hydrogen) atoms. The van der Waals surface area contributed by atoms with Gasteiger partial charge in [-0.3, -0.25) is 0 Å². The number of hydrogen-bond acceptors (Lipinski definition) is 4. The molecule has 1 saturated heterocycles. The molecule has 1 aromatic rings. The van der Waals surface area contributed by atoms with Gasteiger partial charge in [-0.25, -0.2) is 4.98 Å². The Hall–Kier alpha value is -1.78. The number of hydrogen-bond donors (Lipinski definition) is 2. The molecule has 5 nitrogen and oxygen atoms in total. The van der Waals surface area contributed by atoms with Crippen molar-refractivity contribution in [2.75, 3.05) is 11.4 Å². The van der Waals surface area contributed by atoms with E-state index in [9.17, 15) is 0 Å². The van der Waals surface area contributed by atoms with Crippen molar-refractivity contribution in [2.45, 2.75) is 32.7 Å². The van der Waals surface area contributed by atoms with Crippen molar-refractivity contribution in [3.63, 3.8) is 0 Å². The van der Waals surface area contributed by atoms with Gasteiger partial charge in [-0.1, -0.05) is 25.1 Å². The van der Waals surface area contributed by atoms with Crippen molar-refractivity contribution >= 4 is 11.7 Å². The van der Waals surface area contributed by atoms with Gasteiger partial charge in [0.05, 0.1) is 0 Å².